The number of nitriles is 1. The highest BCUT2D eigenvalue weighted by atomic mass is 16.4. The van der Waals surface area contributed by atoms with E-state index in [0.717, 1.165) is 74.0 Å². The van der Waals surface area contributed by atoms with Gasteiger partial charge in [-0.15, -0.1) is 0 Å². The van der Waals surface area contributed by atoms with Gasteiger partial charge in [0.05, 0.1) is 17.3 Å². The number of unbranched alkanes of at least 4 members (excludes halogenated alkanes) is 1. The van der Waals surface area contributed by atoms with Crippen molar-refractivity contribution < 1.29 is 4.42 Å². The molecule has 0 amide bonds. The summed E-state index contributed by atoms with van der Waals surface area (Å²) in [6.45, 7) is 4.91. The minimum Gasteiger partial charge on any atom is -0.423 e. The molecule has 3 heterocycles. The number of hydrogen-bond acceptors (Lipinski definition) is 5. The van der Waals surface area contributed by atoms with Crippen molar-refractivity contribution in [1.29, 1.82) is 5.26 Å². The summed E-state index contributed by atoms with van der Waals surface area (Å²) < 4.78 is 5.34. The molecule has 6 nitrogen and oxygen atoms in total. The molecule has 5 rings (SSSR count). The number of rotatable bonds is 6. The van der Waals surface area contributed by atoms with Gasteiger partial charge in [-0.1, -0.05) is 12.1 Å². The molecule has 32 heavy (non-hydrogen) atoms. The lowest BCUT2D eigenvalue weighted by Crippen LogP contribution is -2.46. The largest absolute Gasteiger partial charge is 0.423 e. The number of anilines is 1. The minimum atomic E-state index is -0.290. The zero-order chi connectivity index (χ0) is 21.9. The number of H-pyrrole nitrogens is 1. The van der Waals surface area contributed by atoms with Crippen LogP contribution in [0.3, 0.4) is 0 Å². The molecule has 0 atom stereocenters. The lowest BCUT2D eigenvalue weighted by molar-refractivity contribution is 0.253. The fourth-order valence-electron chi connectivity index (χ4n) is 4.62. The van der Waals surface area contributed by atoms with Gasteiger partial charge in [-0.05, 0) is 62.2 Å². The molecule has 1 fully saturated rings. The monoisotopic (exact) mass is 426 g/mol. The Morgan fingerprint density at radius 2 is 1.84 bits per heavy atom. The van der Waals surface area contributed by atoms with Crippen LogP contribution in [-0.4, -0.2) is 42.6 Å². The second kappa shape index (κ2) is 8.89. The molecule has 2 aromatic heterocycles. The van der Waals surface area contributed by atoms with Crippen LogP contribution < -0.4 is 10.5 Å². The SMILES string of the molecule is N#Cc1ccc2[nH]c(CCCCN3CCN(c4cc(=O)oc5ccccc45)CC3)cc2c1. The zero-order valence-electron chi connectivity index (χ0n) is 18.0. The number of nitrogens with zero attached hydrogens (tertiary/aromatic N) is 3. The van der Waals surface area contributed by atoms with Crippen LogP contribution in [0.15, 0.2) is 63.8 Å². The first-order valence-electron chi connectivity index (χ1n) is 11.2. The van der Waals surface area contributed by atoms with E-state index in [-0.39, 0.29) is 5.63 Å². The summed E-state index contributed by atoms with van der Waals surface area (Å²) >= 11 is 0. The molecular weight excluding hydrogens is 400 g/mol. The fraction of sp³-hybridized carbons (Fsp3) is 0.308. The summed E-state index contributed by atoms with van der Waals surface area (Å²) in [5, 5.41) is 11.2. The van der Waals surface area contributed by atoms with E-state index in [9.17, 15) is 4.79 Å². The Bertz CT molecular complexity index is 1340. The molecule has 1 aliphatic heterocycles. The molecule has 162 valence electrons. The minimum absolute atomic E-state index is 0.290. The number of aromatic nitrogens is 1. The van der Waals surface area contributed by atoms with E-state index in [1.807, 2.05) is 42.5 Å². The predicted molar refractivity (Wildman–Crippen MR) is 127 cm³/mol. The molecule has 0 aliphatic carbocycles. The third-order valence-corrected chi connectivity index (χ3v) is 6.32. The molecule has 4 aromatic rings. The number of hydrogen-bond donors (Lipinski definition) is 1. The molecule has 0 unspecified atom stereocenters. The van der Waals surface area contributed by atoms with Crippen molar-refractivity contribution in [2.24, 2.45) is 0 Å². The van der Waals surface area contributed by atoms with Crippen molar-refractivity contribution in [3.63, 3.8) is 0 Å². The van der Waals surface area contributed by atoms with Crippen molar-refractivity contribution >= 4 is 27.6 Å². The average molecular weight is 427 g/mol. The Kier molecular flexibility index (Phi) is 5.66. The highest BCUT2D eigenvalue weighted by molar-refractivity contribution is 5.90. The fourth-order valence-corrected chi connectivity index (χ4v) is 4.62. The van der Waals surface area contributed by atoms with Gasteiger partial charge in [0.25, 0.3) is 0 Å². The quantitative estimate of drug-likeness (QED) is 0.368. The van der Waals surface area contributed by atoms with Crippen LogP contribution in [-0.2, 0) is 6.42 Å². The van der Waals surface area contributed by atoms with Crippen molar-refractivity contribution in [2.45, 2.75) is 19.3 Å². The van der Waals surface area contributed by atoms with Crippen LogP contribution in [0.4, 0.5) is 5.69 Å². The van der Waals surface area contributed by atoms with Crippen LogP contribution in [0.2, 0.25) is 0 Å². The highest BCUT2D eigenvalue weighted by Gasteiger charge is 2.19. The van der Waals surface area contributed by atoms with Crippen molar-refractivity contribution in [2.75, 3.05) is 37.6 Å². The van der Waals surface area contributed by atoms with E-state index in [1.165, 1.54) is 5.69 Å². The average Bonchev–Trinajstić information content (AvgIpc) is 3.23. The van der Waals surface area contributed by atoms with Gasteiger partial charge in [0.1, 0.15) is 5.58 Å². The van der Waals surface area contributed by atoms with Crippen LogP contribution in [0, 0.1) is 11.3 Å². The summed E-state index contributed by atoms with van der Waals surface area (Å²) in [5.41, 5.74) is 4.37. The Balaban J connectivity index is 1.12. The van der Waals surface area contributed by atoms with Gasteiger partial charge in [-0.3, -0.25) is 4.90 Å². The summed E-state index contributed by atoms with van der Waals surface area (Å²) in [7, 11) is 0. The van der Waals surface area contributed by atoms with E-state index >= 15 is 0 Å². The molecule has 1 saturated heterocycles. The number of fused-ring (bicyclic) bond motifs is 2. The van der Waals surface area contributed by atoms with Crippen molar-refractivity contribution in [3.8, 4) is 6.07 Å². The first-order valence-corrected chi connectivity index (χ1v) is 11.2. The summed E-state index contributed by atoms with van der Waals surface area (Å²) in [6.07, 6.45) is 3.29. The lowest BCUT2D eigenvalue weighted by atomic mass is 10.1. The first kappa shape index (κ1) is 20.3. The van der Waals surface area contributed by atoms with Gasteiger partial charge < -0.3 is 14.3 Å². The number of aromatic amines is 1. The molecular formula is C26H26N4O2. The Hall–Kier alpha value is -3.56. The lowest BCUT2D eigenvalue weighted by Gasteiger charge is -2.36. The van der Waals surface area contributed by atoms with Crippen LogP contribution >= 0.6 is 0 Å². The van der Waals surface area contributed by atoms with Crippen molar-refractivity contribution in [3.05, 3.63) is 76.3 Å². The highest BCUT2D eigenvalue weighted by Crippen LogP contribution is 2.26. The van der Waals surface area contributed by atoms with E-state index in [4.69, 9.17) is 9.68 Å². The smallest absolute Gasteiger partial charge is 0.338 e. The number of nitrogens with one attached hydrogen (secondary N) is 1. The van der Waals surface area contributed by atoms with Gasteiger partial charge >= 0.3 is 5.63 Å². The maximum absolute atomic E-state index is 12.0. The topological polar surface area (TPSA) is 76.3 Å². The van der Waals surface area contributed by atoms with Gasteiger partial charge in [-0.2, -0.15) is 5.26 Å². The molecule has 1 N–H and O–H groups in total. The summed E-state index contributed by atoms with van der Waals surface area (Å²) in [5.74, 6) is 0. The molecule has 6 heteroatoms. The summed E-state index contributed by atoms with van der Waals surface area (Å²) in [4.78, 5) is 20.2. The molecule has 0 radical (unpaired) electrons. The van der Waals surface area contributed by atoms with Crippen LogP contribution in [0.1, 0.15) is 24.1 Å². The summed E-state index contributed by atoms with van der Waals surface area (Å²) in [6, 6.07) is 19.5. The predicted octanol–water partition coefficient (Wildman–Crippen LogP) is 4.29. The Labute approximate surface area is 186 Å². The van der Waals surface area contributed by atoms with Gasteiger partial charge in [0, 0.05) is 54.2 Å². The molecule has 0 bridgehead atoms. The third kappa shape index (κ3) is 4.25. The normalized spacial score (nSPS) is 14.8. The van der Waals surface area contributed by atoms with Crippen molar-refractivity contribution in [1.82, 2.24) is 9.88 Å². The number of piperazine rings is 1. The Morgan fingerprint density at radius 3 is 2.69 bits per heavy atom. The first-order chi connectivity index (χ1) is 15.7. The van der Waals surface area contributed by atoms with E-state index in [2.05, 4.69) is 26.9 Å². The van der Waals surface area contributed by atoms with E-state index < -0.39 is 0 Å². The van der Waals surface area contributed by atoms with Crippen LogP contribution in [0.25, 0.3) is 21.9 Å². The number of aryl methyl sites for hydroxylation is 1. The standard InChI is InChI=1S/C26H26N4O2/c27-18-19-8-9-23-20(15-19)16-21(28-23)5-3-4-10-29-11-13-30(14-12-29)24-17-26(31)32-25-7-2-1-6-22(24)25/h1-2,6-9,15-17,28H,3-5,10-14H2. The van der Waals surface area contributed by atoms with Gasteiger partial charge in [0.2, 0.25) is 0 Å². The van der Waals surface area contributed by atoms with Gasteiger partial charge in [-0.25, -0.2) is 4.79 Å². The second-order valence-electron chi connectivity index (χ2n) is 8.44. The molecule has 0 saturated carbocycles. The third-order valence-electron chi connectivity index (χ3n) is 6.32. The van der Waals surface area contributed by atoms with Crippen LogP contribution in [0.5, 0.6) is 0 Å². The molecule has 2 aromatic carbocycles. The molecule has 1 aliphatic rings. The van der Waals surface area contributed by atoms with E-state index in [1.54, 1.807) is 6.07 Å². The number of para-hydroxylation sites is 1. The maximum Gasteiger partial charge on any atom is 0.338 e. The zero-order valence-corrected chi connectivity index (χ0v) is 18.0. The second-order valence-corrected chi connectivity index (χ2v) is 8.44. The van der Waals surface area contributed by atoms with E-state index in [0.29, 0.717) is 11.1 Å². The maximum atomic E-state index is 12.0. The van der Waals surface area contributed by atoms with Gasteiger partial charge in [0.15, 0.2) is 0 Å². The molecule has 0 spiro atoms. The Morgan fingerprint density at radius 1 is 1.00 bits per heavy atom. The number of benzene rings is 2.